The number of rotatable bonds is 4. The molecule has 1 aliphatic carbocycles. The lowest BCUT2D eigenvalue weighted by Crippen LogP contribution is -2.53. The van der Waals surface area contributed by atoms with Crippen molar-refractivity contribution in [3.8, 4) is 0 Å². The van der Waals surface area contributed by atoms with Gasteiger partial charge in [-0.2, -0.15) is 5.10 Å². The van der Waals surface area contributed by atoms with Crippen molar-refractivity contribution in [3.63, 3.8) is 0 Å². The minimum Gasteiger partial charge on any atom is -0.381 e. The van der Waals surface area contributed by atoms with Crippen molar-refractivity contribution in [3.05, 3.63) is 16.6 Å². The lowest BCUT2D eigenvalue weighted by molar-refractivity contribution is -0.125. The molecule has 1 saturated carbocycles. The van der Waals surface area contributed by atoms with Gasteiger partial charge in [0.25, 0.3) is 5.91 Å². The summed E-state index contributed by atoms with van der Waals surface area (Å²) >= 11 is 1.55. The Balaban J connectivity index is 1.21. The summed E-state index contributed by atoms with van der Waals surface area (Å²) in [7, 11) is 0. The highest BCUT2D eigenvalue weighted by Gasteiger charge is 2.30. The summed E-state index contributed by atoms with van der Waals surface area (Å²) in [5, 5.41) is 12.0. The largest absolute Gasteiger partial charge is 0.381 e. The fourth-order valence-electron chi connectivity index (χ4n) is 5.17. The molecule has 4 heterocycles. The molecule has 2 aromatic rings. The van der Waals surface area contributed by atoms with Crippen molar-refractivity contribution < 1.29 is 14.3 Å². The van der Waals surface area contributed by atoms with Gasteiger partial charge >= 0.3 is 0 Å². The highest BCUT2D eigenvalue weighted by Crippen LogP contribution is 2.33. The lowest BCUT2D eigenvalue weighted by Gasteiger charge is -2.38. The molecule has 2 aromatic heterocycles. The number of hydrogen-bond acceptors (Lipinski definition) is 6. The molecule has 5 rings (SSSR count). The molecule has 8 nitrogen and oxygen atoms in total. The second kappa shape index (κ2) is 8.88. The number of carbonyl (C=O) groups is 2. The summed E-state index contributed by atoms with van der Waals surface area (Å²) in [6, 6.07) is 3.02. The third kappa shape index (κ3) is 4.36. The van der Waals surface area contributed by atoms with E-state index in [4.69, 9.17) is 9.84 Å². The quantitative estimate of drug-likeness (QED) is 0.754. The molecule has 0 atom stereocenters. The molecular formula is C22H31N5O3S. The lowest BCUT2D eigenvalue weighted by atomic mass is 9.89. The van der Waals surface area contributed by atoms with Gasteiger partial charge in [0, 0.05) is 43.8 Å². The SMILES string of the molecule is Cc1nn(C2CCOCC2)c2sc(C(=O)NC3CCC(N4CCNC(=O)C4)CC3)cc12. The standard InChI is InChI=1S/C22H31N5O3S/c1-14-18-12-19(31-22(18)27(25-14)17-6-10-30-11-7-17)21(29)24-15-2-4-16(5-3-15)26-9-8-23-20(28)13-26/h12,15-17H,2-11,13H2,1H3,(H,23,28)(H,24,29). The number of ether oxygens (including phenoxy) is 1. The van der Waals surface area contributed by atoms with Crippen LogP contribution in [-0.4, -0.2) is 71.4 Å². The van der Waals surface area contributed by atoms with Crippen LogP contribution in [-0.2, 0) is 9.53 Å². The van der Waals surface area contributed by atoms with Gasteiger partial charge in [-0.25, -0.2) is 0 Å². The zero-order valence-electron chi connectivity index (χ0n) is 18.1. The number of piperazine rings is 1. The number of nitrogens with one attached hydrogen (secondary N) is 2. The Morgan fingerprint density at radius 3 is 2.71 bits per heavy atom. The number of fused-ring (bicyclic) bond motifs is 1. The topological polar surface area (TPSA) is 88.5 Å². The Labute approximate surface area is 186 Å². The molecule has 0 bridgehead atoms. The number of hydrogen-bond donors (Lipinski definition) is 2. The van der Waals surface area contributed by atoms with E-state index in [1.807, 2.05) is 13.0 Å². The normalized spacial score (nSPS) is 26.2. The first kappa shape index (κ1) is 20.9. The first-order valence-corrected chi connectivity index (χ1v) is 12.3. The van der Waals surface area contributed by atoms with Gasteiger partial charge in [0.1, 0.15) is 4.83 Å². The minimum atomic E-state index is 0.0277. The van der Waals surface area contributed by atoms with Crippen LogP contribution in [0.4, 0.5) is 0 Å². The van der Waals surface area contributed by atoms with Crippen molar-refractivity contribution in [2.75, 3.05) is 32.8 Å². The third-order valence-corrected chi connectivity index (χ3v) is 8.07. The number of nitrogens with zero attached hydrogens (tertiary/aromatic N) is 3. The molecule has 3 fully saturated rings. The van der Waals surface area contributed by atoms with E-state index < -0.39 is 0 Å². The van der Waals surface area contributed by atoms with E-state index in [-0.39, 0.29) is 17.9 Å². The van der Waals surface area contributed by atoms with Crippen molar-refractivity contribution in [1.29, 1.82) is 0 Å². The fraction of sp³-hybridized carbons (Fsp3) is 0.682. The maximum absolute atomic E-state index is 13.0. The molecular weight excluding hydrogens is 414 g/mol. The summed E-state index contributed by atoms with van der Waals surface area (Å²) in [4.78, 5) is 28.8. The van der Waals surface area contributed by atoms with Crippen LogP contribution < -0.4 is 10.6 Å². The predicted octanol–water partition coefficient (Wildman–Crippen LogP) is 2.23. The molecule has 0 spiro atoms. The molecule has 31 heavy (non-hydrogen) atoms. The second-order valence-electron chi connectivity index (χ2n) is 9.00. The van der Waals surface area contributed by atoms with E-state index in [2.05, 4.69) is 20.2 Å². The Morgan fingerprint density at radius 2 is 1.97 bits per heavy atom. The summed E-state index contributed by atoms with van der Waals surface area (Å²) in [5.74, 6) is 0.154. The summed E-state index contributed by atoms with van der Waals surface area (Å²) in [6.07, 6.45) is 5.93. The van der Waals surface area contributed by atoms with E-state index in [0.717, 1.165) is 85.6 Å². The van der Waals surface area contributed by atoms with Gasteiger partial charge in [0.05, 0.1) is 23.2 Å². The molecule has 9 heteroatoms. The number of thiophene rings is 1. The average molecular weight is 446 g/mol. The van der Waals surface area contributed by atoms with Gasteiger partial charge in [-0.3, -0.25) is 19.2 Å². The molecule has 168 valence electrons. The zero-order valence-corrected chi connectivity index (χ0v) is 18.9. The molecule has 2 aliphatic heterocycles. The van der Waals surface area contributed by atoms with E-state index >= 15 is 0 Å². The molecule has 2 saturated heterocycles. The first-order valence-electron chi connectivity index (χ1n) is 11.5. The zero-order chi connectivity index (χ0) is 21.4. The third-order valence-electron chi connectivity index (χ3n) is 6.94. The number of amides is 2. The minimum absolute atomic E-state index is 0.0277. The van der Waals surface area contributed by atoms with Crippen LogP contribution in [0.3, 0.4) is 0 Å². The van der Waals surface area contributed by atoms with Crippen LogP contribution >= 0.6 is 11.3 Å². The van der Waals surface area contributed by atoms with Crippen molar-refractivity contribution in [2.24, 2.45) is 0 Å². The Kier molecular flexibility index (Phi) is 5.99. The summed E-state index contributed by atoms with van der Waals surface area (Å²) in [6.45, 7) is 5.75. The van der Waals surface area contributed by atoms with Gasteiger partial charge < -0.3 is 15.4 Å². The van der Waals surface area contributed by atoms with Crippen LogP contribution in [0.1, 0.15) is 59.9 Å². The molecule has 0 aromatic carbocycles. The number of carbonyl (C=O) groups excluding carboxylic acids is 2. The van der Waals surface area contributed by atoms with Gasteiger partial charge in [-0.05, 0) is 51.5 Å². The summed E-state index contributed by atoms with van der Waals surface area (Å²) < 4.78 is 7.61. The van der Waals surface area contributed by atoms with E-state index in [1.165, 1.54) is 0 Å². The van der Waals surface area contributed by atoms with Crippen LogP contribution in [0.15, 0.2) is 6.07 Å². The van der Waals surface area contributed by atoms with Gasteiger partial charge in [0.2, 0.25) is 5.91 Å². The van der Waals surface area contributed by atoms with E-state index in [0.29, 0.717) is 18.6 Å². The van der Waals surface area contributed by atoms with Crippen molar-refractivity contribution >= 4 is 33.4 Å². The van der Waals surface area contributed by atoms with Crippen LogP contribution in [0.2, 0.25) is 0 Å². The highest BCUT2D eigenvalue weighted by molar-refractivity contribution is 7.20. The predicted molar refractivity (Wildman–Crippen MR) is 120 cm³/mol. The molecule has 2 amide bonds. The Morgan fingerprint density at radius 1 is 1.19 bits per heavy atom. The smallest absolute Gasteiger partial charge is 0.261 e. The van der Waals surface area contributed by atoms with Crippen molar-refractivity contribution in [1.82, 2.24) is 25.3 Å². The maximum Gasteiger partial charge on any atom is 0.261 e. The van der Waals surface area contributed by atoms with Crippen LogP contribution in [0.5, 0.6) is 0 Å². The number of aromatic nitrogens is 2. The van der Waals surface area contributed by atoms with Gasteiger partial charge in [0.15, 0.2) is 0 Å². The Hall–Kier alpha value is -1.97. The van der Waals surface area contributed by atoms with Crippen LogP contribution in [0.25, 0.3) is 10.2 Å². The number of aryl methyl sites for hydroxylation is 1. The summed E-state index contributed by atoms with van der Waals surface area (Å²) in [5.41, 5.74) is 0.989. The van der Waals surface area contributed by atoms with Gasteiger partial charge in [-0.1, -0.05) is 0 Å². The van der Waals surface area contributed by atoms with E-state index in [9.17, 15) is 9.59 Å². The Bertz CT molecular complexity index is 956. The van der Waals surface area contributed by atoms with E-state index in [1.54, 1.807) is 11.3 Å². The second-order valence-corrected chi connectivity index (χ2v) is 10.0. The fourth-order valence-corrected chi connectivity index (χ4v) is 6.31. The molecule has 2 N–H and O–H groups in total. The van der Waals surface area contributed by atoms with Crippen molar-refractivity contribution in [2.45, 2.75) is 63.6 Å². The molecule has 3 aliphatic rings. The van der Waals surface area contributed by atoms with Crippen LogP contribution in [0, 0.1) is 6.92 Å². The van der Waals surface area contributed by atoms with Gasteiger partial charge in [-0.15, -0.1) is 11.3 Å². The maximum atomic E-state index is 13.0. The molecule has 0 radical (unpaired) electrons. The monoisotopic (exact) mass is 445 g/mol. The highest BCUT2D eigenvalue weighted by atomic mass is 32.1. The average Bonchev–Trinajstić information content (AvgIpc) is 3.36. The molecule has 0 unspecified atom stereocenters. The first-order chi connectivity index (χ1) is 15.1.